The van der Waals surface area contributed by atoms with Gasteiger partial charge in [-0.15, -0.1) is 0 Å². The number of rotatable bonds is 1. The highest BCUT2D eigenvalue weighted by Gasteiger charge is 2.14. The molecule has 2 heterocycles. The van der Waals surface area contributed by atoms with Crippen molar-refractivity contribution in [1.29, 1.82) is 0 Å². The van der Waals surface area contributed by atoms with Crippen LogP contribution in [0, 0.1) is 0 Å². The molecule has 0 radical (unpaired) electrons. The van der Waals surface area contributed by atoms with Crippen LogP contribution < -0.4 is 10.6 Å². The van der Waals surface area contributed by atoms with Gasteiger partial charge in [-0.25, -0.2) is 4.98 Å². The Labute approximate surface area is 91.2 Å². The summed E-state index contributed by atoms with van der Waals surface area (Å²) in [6.07, 6.45) is 1.74. The van der Waals surface area contributed by atoms with Gasteiger partial charge in [0.25, 0.3) is 0 Å². The zero-order valence-corrected chi connectivity index (χ0v) is 9.33. The molecule has 0 atom stereocenters. The molecule has 0 amide bonds. The Morgan fingerprint density at radius 2 is 2.14 bits per heavy atom. The molecule has 0 unspecified atom stereocenters. The lowest BCUT2D eigenvalue weighted by Crippen LogP contribution is -2.36. The molecule has 1 fully saturated rings. The predicted octanol–water partition coefficient (Wildman–Crippen LogP) is 1.26. The number of halogens is 1. The number of nitrogen functional groups attached to an aromatic ring is 1. The van der Waals surface area contributed by atoms with Gasteiger partial charge in [-0.3, -0.25) is 0 Å². The Bertz CT molecular complexity index is 326. The van der Waals surface area contributed by atoms with Crippen LogP contribution in [-0.4, -0.2) is 31.3 Å². The number of hydrogen-bond acceptors (Lipinski definition) is 4. The molecule has 5 heteroatoms. The molecule has 0 aliphatic carbocycles. The van der Waals surface area contributed by atoms with Crippen LogP contribution in [-0.2, 0) is 4.74 Å². The zero-order chi connectivity index (χ0) is 9.97. The van der Waals surface area contributed by atoms with E-state index < -0.39 is 0 Å². The second-order valence-electron chi connectivity index (χ2n) is 3.16. The van der Waals surface area contributed by atoms with Crippen molar-refractivity contribution < 1.29 is 4.74 Å². The maximum atomic E-state index is 5.64. The highest BCUT2D eigenvalue weighted by atomic mass is 79.9. The Morgan fingerprint density at radius 1 is 1.43 bits per heavy atom. The normalized spacial score (nSPS) is 17.1. The highest BCUT2D eigenvalue weighted by molar-refractivity contribution is 9.10. The molecular weight excluding hydrogens is 246 g/mol. The largest absolute Gasteiger partial charge is 0.384 e. The van der Waals surface area contributed by atoms with Crippen LogP contribution in [0.15, 0.2) is 16.7 Å². The minimum atomic E-state index is 0.551. The summed E-state index contributed by atoms with van der Waals surface area (Å²) in [6, 6.07) is 1.88. The molecule has 2 N–H and O–H groups in total. The van der Waals surface area contributed by atoms with Gasteiger partial charge in [-0.2, -0.15) is 0 Å². The first kappa shape index (κ1) is 9.73. The van der Waals surface area contributed by atoms with E-state index >= 15 is 0 Å². The topological polar surface area (TPSA) is 51.4 Å². The van der Waals surface area contributed by atoms with Crippen molar-refractivity contribution in [2.75, 3.05) is 36.9 Å². The van der Waals surface area contributed by atoms with Gasteiger partial charge < -0.3 is 15.4 Å². The standard InChI is InChI=1S/C9H12BrN3O/c10-7-6-12-9(11)5-8(7)13-1-3-14-4-2-13/h5-6H,1-4H2,(H2,11,12). The summed E-state index contributed by atoms with van der Waals surface area (Å²) in [6.45, 7) is 3.35. The Balaban J connectivity index is 2.24. The fourth-order valence-electron chi connectivity index (χ4n) is 1.49. The van der Waals surface area contributed by atoms with Crippen molar-refractivity contribution in [1.82, 2.24) is 4.98 Å². The lowest BCUT2D eigenvalue weighted by Gasteiger charge is -2.29. The summed E-state index contributed by atoms with van der Waals surface area (Å²) in [5, 5.41) is 0. The summed E-state index contributed by atoms with van der Waals surface area (Å²) in [7, 11) is 0. The predicted molar refractivity (Wildman–Crippen MR) is 59.4 cm³/mol. The van der Waals surface area contributed by atoms with Crippen LogP contribution in [0.4, 0.5) is 11.5 Å². The monoisotopic (exact) mass is 257 g/mol. The fourth-order valence-corrected chi connectivity index (χ4v) is 1.96. The lowest BCUT2D eigenvalue weighted by molar-refractivity contribution is 0.122. The molecule has 1 aliphatic heterocycles. The minimum Gasteiger partial charge on any atom is -0.384 e. The number of pyridine rings is 1. The van der Waals surface area contributed by atoms with Gasteiger partial charge >= 0.3 is 0 Å². The van der Waals surface area contributed by atoms with Crippen LogP contribution in [0.1, 0.15) is 0 Å². The molecule has 0 spiro atoms. The molecule has 76 valence electrons. The number of hydrogen-bond donors (Lipinski definition) is 1. The van der Waals surface area contributed by atoms with E-state index in [0.717, 1.165) is 36.5 Å². The van der Waals surface area contributed by atoms with Crippen molar-refractivity contribution in [2.45, 2.75) is 0 Å². The van der Waals surface area contributed by atoms with Crippen LogP contribution in [0.2, 0.25) is 0 Å². The van der Waals surface area contributed by atoms with Crippen molar-refractivity contribution in [3.05, 3.63) is 16.7 Å². The van der Waals surface area contributed by atoms with Crippen molar-refractivity contribution in [3.8, 4) is 0 Å². The van der Waals surface area contributed by atoms with Gasteiger partial charge in [0, 0.05) is 25.4 Å². The first-order valence-electron chi connectivity index (χ1n) is 4.51. The Kier molecular flexibility index (Phi) is 2.88. The molecule has 0 bridgehead atoms. The first-order valence-corrected chi connectivity index (χ1v) is 5.30. The number of nitrogens with two attached hydrogens (primary N) is 1. The van der Waals surface area contributed by atoms with Crippen molar-refractivity contribution in [2.24, 2.45) is 0 Å². The van der Waals surface area contributed by atoms with E-state index in [9.17, 15) is 0 Å². The molecule has 0 aromatic carbocycles. The van der Waals surface area contributed by atoms with Crippen LogP contribution >= 0.6 is 15.9 Å². The summed E-state index contributed by atoms with van der Waals surface area (Å²) in [5.41, 5.74) is 6.74. The molecule has 1 aliphatic rings. The second-order valence-corrected chi connectivity index (χ2v) is 4.01. The molecule has 0 saturated carbocycles. The smallest absolute Gasteiger partial charge is 0.125 e. The van der Waals surface area contributed by atoms with Crippen molar-refractivity contribution >= 4 is 27.4 Å². The van der Waals surface area contributed by atoms with E-state index in [1.807, 2.05) is 6.07 Å². The number of morpholine rings is 1. The van der Waals surface area contributed by atoms with E-state index in [4.69, 9.17) is 10.5 Å². The summed E-state index contributed by atoms with van der Waals surface area (Å²) in [5.74, 6) is 0.551. The van der Waals surface area contributed by atoms with Gasteiger partial charge in [0.2, 0.25) is 0 Å². The number of anilines is 2. The van der Waals surface area contributed by atoms with E-state index in [2.05, 4.69) is 25.8 Å². The second kappa shape index (κ2) is 4.14. The molecule has 1 aromatic heterocycles. The first-order chi connectivity index (χ1) is 6.77. The maximum absolute atomic E-state index is 5.64. The zero-order valence-electron chi connectivity index (χ0n) is 7.74. The van der Waals surface area contributed by atoms with Gasteiger partial charge in [-0.1, -0.05) is 0 Å². The number of nitrogens with zero attached hydrogens (tertiary/aromatic N) is 2. The number of ether oxygens (including phenoxy) is 1. The molecule has 2 rings (SSSR count). The minimum absolute atomic E-state index is 0.551. The molecular formula is C9H12BrN3O. The Hall–Kier alpha value is -0.810. The average molecular weight is 258 g/mol. The Morgan fingerprint density at radius 3 is 2.86 bits per heavy atom. The van der Waals surface area contributed by atoms with Crippen molar-refractivity contribution in [3.63, 3.8) is 0 Å². The van der Waals surface area contributed by atoms with Gasteiger partial charge in [-0.05, 0) is 15.9 Å². The van der Waals surface area contributed by atoms with E-state index in [1.54, 1.807) is 6.20 Å². The van der Waals surface area contributed by atoms with E-state index in [-0.39, 0.29) is 0 Å². The van der Waals surface area contributed by atoms with Gasteiger partial charge in [0.05, 0.1) is 23.4 Å². The fraction of sp³-hybridized carbons (Fsp3) is 0.444. The van der Waals surface area contributed by atoms with Gasteiger partial charge in [0.15, 0.2) is 0 Å². The summed E-state index contributed by atoms with van der Waals surface area (Å²) in [4.78, 5) is 6.25. The van der Waals surface area contributed by atoms with Crippen LogP contribution in [0.3, 0.4) is 0 Å². The van der Waals surface area contributed by atoms with E-state index in [0.29, 0.717) is 5.82 Å². The van der Waals surface area contributed by atoms with Gasteiger partial charge in [0.1, 0.15) is 5.82 Å². The maximum Gasteiger partial charge on any atom is 0.125 e. The highest BCUT2D eigenvalue weighted by Crippen LogP contribution is 2.27. The average Bonchev–Trinajstić information content (AvgIpc) is 2.23. The lowest BCUT2D eigenvalue weighted by atomic mass is 10.3. The molecule has 4 nitrogen and oxygen atoms in total. The van der Waals surface area contributed by atoms with E-state index in [1.165, 1.54) is 0 Å². The summed E-state index contributed by atoms with van der Waals surface area (Å²) >= 11 is 3.47. The van der Waals surface area contributed by atoms with Crippen LogP contribution in [0.5, 0.6) is 0 Å². The third-order valence-corrected chi connectivity index (χ3v) is 2.82. The molecule has 1 aromatic rings. The molecule has 14 heavy (non-hydrogen) atoms. The third-order valence-electron chi connectivity index (χ3n) is 2.21. The SMILES string of the molecule is Nc1cc(N2CCOCC2)c(Br)cn1. The quantitative estimate of drug-likeness (QED) is 0.824. The summed E-state index contributed by atoms with van der Waals surface area (Å²) < 4.78 is 6.27. The van der Waals surface area contributed by atoms with Crippen LogP contribution in [0.25, 0.3) is 0 Å². The third kappa shape index (κ3) is 1.99. The molecule has 1 saturated heterocycles. The number of aromatic nitrogens is 1.